The van der Waals surface area contributed by atoms with Crippen molar-refractivity contribution in [1.82, 2.24) is 10.0 Å². The number of sulfonamides is 1. The van der Waals surface area contributed by atoms with Gasteiger partial charge < -0.3 is 16.4 Å². The summed E-state index contributed by atoms with van der Waals surface area (Å²) in [6.45, 7) is 1.63. The second-order valence-electron chi connectivity index (χ2n) is 4.64. The third-order valence-electron chi connectivity index (χ3n) is 2.92. The number of carbonyl (C=O) groups excluding carboxylic acids is 2. The largest absolute Gasteiger partial charge is 0.347 e. The van der Waals surface area contributed by atoms with Crippen molar-refractivity contribution in [3.05, 3.63) is 24.3 Å². The zero-order chi connectivity index (χ0) is 16.8. The molecule has 0 aliphatic rings. The van der Waals surface area contributed by atoms with Gasteiger partial charge in [-0.15, -0.1) is 0 Å². The van der Waals surface area contributed by atoms with Crippen molar-refractivity contribution in [3.8, 4) is 0 Å². The van der Waals surface area contributed by atoms with Crippen LogP contribution >= 0.6 is 0 Å². The van der Waals surface area contributed by atoms with Gasteiger partial charge in [-0.2, -0.15) is 0 Å². The van der Waals surface area contributed by atoms with E-state index in [9.17, 15) is 18.0 Å². The average Bonchev–Trinajstić information content (AvgIpc) is 2.52. The predicted octanol–water partition coefficient (Wildman–Crippen LogP) is -0.756. The highest BCUT2D eigenvalue weighted by molar-refractivity contribution is 7.89. The number of hydrogen-bond acceptors (Lipinski definition) is 5. The van der Waals surface area contributed by atoms with Crippen LogP contribution in [0.1, 0.15) is 6.92 Å². The van der Waals surface area contributed by atoms with Crippen LogP contribution < -0.4 is 21.1 Å². The van der Waals surface area contributed by atoms with Gasteiger partial charge in [-0.05, 0) is 25.2 Å². The van der Waals surface area contributed by atoms with Crippen LogP contribution in [0.3, 0.4) is 0 Å². The molecule has 1 unspecified atom stereocenters. The normalized spacial score (nSPS) is 12.5. The maximum atomic E-state index is 11.7. The summed E-state index contributed by atoms with van der Waals surface area (Å²) in [5.74, 6) is -1.15. The summed E-state index contributed by atoms with van der Waals surface area (Å²) in [7, 11) is -2.28. The molecule has 9 heteroatoms. The van der Waals surface area contributed by atoms with Crippen molar-refractivity contribution in [2.45, 2.75) is 11.8 Å². The second-order valence-corrected chi connectivity index (χ2v) is 6.52. The lowest BCUT2D eigenvalue weighted by Crippen LogP contribution is -2.38. The molecule has 22 heavy (non-hydrogen) atoms. The van der Waals surface area contributed by atoms with Crippen LogP contribution in [0, 0.1) is 5.92 Å². The molecule has 0 radical (unpaired) electrons. The van der Waals surface area contributed by atoms with Crippen LogP contribution in [0.5, 0.6) is 0 Å². The molecule has 1 aromatic rings. The van der Waals surface area contributed by atoms with Gasteiger partial charge in [0.25, 0.3) is 0 Å². The Labute approximate surface area is 129 Å². The van der Waals surface area contributed by atoms with Crippen LogP contribution in [0.2, 0.25) is 0 Å². The minimum absolute atomic E-state index is 0.0357. The maximum absolute atomic E-state index is 11.7. The topological polar surface area (TPSA) is 130 Å². The fourth-order valence-corrected chi connectivity index (χ4v) is 2.29. The lowest BCUT2D eigenvalue weighted by atomic mass is 10.2. The van der Waals surface area contributed by atoms with Crippen molar-refractivity contribution in [3.63, 3.8) is 0 Å². The zero-order valence-electron chi connectivity index (χ0n) is 12.4. The highest BCUT2D eigenvalue weighted by atomic mass is 32.2. The van der Waals surface area contributed by atoms with E-state index in [-0.39, 0.29) is 29.8 Å². The smallest absolute Gasteiger partial charge is 0.243 e. The molecule has 0 aliphatic heterocycles. The van der Waals surface area contributed by atoms with E-state index in [0.29, 0.717) is 5.69 Å². The Bertz CT molecular complexity index is 645. The molecule has 0 saturated carbocycles. The van der Waals surface area contributed by atoms with Crippen LogP contribution in [-0.4, -0.2) is 40.4 Å². The molecule has 0 heterocycles. The van der Waals surface area contributed by atoms with Crippen molar-refractivity contribution < 1.29 is 18.0 Å². The van der Waals surface area contributed by atoms with E-state index in [4.69, 9.17) is 5.73 Å². The quantitative estimate of drug-likeness (QED) is 0.523. The van der Waals surface area contributed by atoms with Crippen LogP contribution in [0.25, 0.3) is 0 Å². The van der Waals surface area contributed by atoms with Gasteiger partial charge in [0.2, 0.25) is 21.8 Å². The first-order valence-electron chi connectivity index (χ1n) is 6.61. The first-order chi connectivity index (χ1) is 10.3. The minimum Gasteiger partial charge on any atom is -0.347 e. The molecule has 0 spiro atoms. The molecule has 1 aromatic carbocycles. The fourth-order valence-electron chi connectivity index (χ4n) is 1.51. The lowest BCUT2D eigenvalue weighted by molar-refractivity contribution is -0.126. The van der Waals surface area contributed by atoms with Crippen LogP contribution in [-0.2, 0) is 19.6 Å². The van der Waals surface area contributed by atoms with Gasteiger partial charge in [0.05, 0.1) is 11.4 Å². The summed E-state index contributed by atoms with van der Waals surface area (Å²) in [5, 5.41) is 4.96. The lowest BCUT2D eigenvalue weighted by Gasteiger charge is -2.11. The van der Waals surface area contributed by atoms with Crippen molar-refractivity contribution in [2.24, 2.45) is 11.7 Å². The number of amides is 2. The van der Waals surface area contributed by atoms with Crippen molar-refractivity contribution in [2.75, 3.05) is 25.5 Å². The Morgan fingerprint density at radius 1 is 1.32 bits per heavy atom. The Morgan fingerprint density at radius 3 is 2.59 bits per heavy atom. The molecule has 8 nitrogen and oxygen atoms in total. The molecule has 122 valence electrons. The molecule has 0 aliphatic carbocycles. The van der Waals surface area contributed by atoms with Crippen molar-refractivity contribution in [1.29, 1.82) is 0 Å². The molecule has 0 bridgehead atoms. The van der Waals surface area contributed by atoms with E-state index in [2.05, 4.69) is 15.4 Å². The summed E-state index contributed by atoms with van der Waals surface area (Å²) in [5.41, 5.74) is 5.67. The van der Waals surface area contributed by atoms with Crippen molar-refractivity contribution >= 4 is 27.5 Å². The zero-order valence-corrected chi connectivity index (χ0v) is 13.2. The van der Waals surface area contributed by atoms with Gasteiger partial charge in [0.1, 0.15) is 0 Å². The SMILES string of the molecule is CNS(=O)(=O)c1cccc(NC(=O)CNC(=O)C(C)CN)c1. The summed E-state index contributed by atoms with van der Waals surface area (Å²) < 4.78 is 25.5. The minimum atomic E-state index is -3.58. The number of anilines is 1. The average molecular weight is 328 g/mol. The number of nitrogens with two attached hydrogens (primary N) is 1. The molecule has 0 saturated heterocycles. The summed E-state index contributed by atoms with van der Waals surface area (Å²) in [4.78, 5) is 23.3. The third-order valence-corrected chi connectivity index (χ3v) is 4.33. The van der Waals surface area contributed by atoms with Crippen LogP contribution in [0.4, 0.5) is 5.69 Å². The molecule has 1 rings (SSSR count). The number of hydrogen-bond donors (Lipinski definition) is 4. The molecular formula is C13H20N4O4S. The number of nitrogens with one attached hydrogen (secondary N) is 3. The van der Waals surface area contributed by atoms with Crippen LogP contribution in [0.15, 0.2) is 29.2 Å². The van der Waals surface area contributed by atoms with Gasteiger partial charge in [-0.25, -0.2) is 13.1 Å². The van der Waals surface area contributed by atoms with E-state index in [1.165, 1.54) is 25.2 Å². The highest BCUT2D eigenvalue weighted by Crippen LogP contribution is 2.14. The number of benzene rings is 1. The van der Waals surface area contributed by atoms with Gasteiger partial charge >= 0.3 is 0 Å². The first kappa shape index (κ1) is 18.1. The summed E-state index contributed by atoms with van der Waals surface area (Å²) >= 11 is 0. The Balaban J connectivity index is 2.66. The van der Waals surface area contributed by atoms with E-state index in [1.807, 2.05) is 0 Å². The van der Waals surface area contributed by atoms with Gasteiger partial charge in [-0.1, -0.05) is 13.0 Å². The first-order valence-corrected chi connectivity index (χ1v) is 8.09. The van der Waals surface area contributed by atoms with Gasteiger partial charge in [-0.3, -0.25) is 9.59 Å². The van der Waals surface area contributed by atoms with E-state index in [1.54, 1.807) is 13.0 Å². The Kier molecular flexibility index (Phi) is 6.47. The van der Waals surface area contributed by atoms with E-state index in [0.717, 1.165) is 0 Å². The summed E-state index contributed by atoms with van der Waals surface area (Å²) in [6, 6.07) is 5.80. The molecular weight excluding hydrogens is 308 g/mol. The molecule has 1 atom stereocenters. The second kappa shape index (κ2) is 7.87. The highest BCUT2D eigenvalue weighted by Gasteiger charge is 2.14. The molecule has 5 N–H and O–H groups in total. The monoisotopic (exact) mass is 328 g/mol. The fraction of sp³-hybridized carbons (Fsp3) is 0.385. The standard InChI is InChI=1S/C13H20N4O4S/c1-9(7-14)13(19)16-8-12(18)17-10-4-3-5-11(6-10)22(20,21)15-2/h3-6,9,15H,7-8,14H2,1-2H3,(H,16,19)(H,17,18). The Hall–Kier alpha value is -1.97. The van der Waals surface area contributed by atoms with E-state index < -0.39 is 15.9 Å². The third kappa shape index (κ3) is 5.10. The van der Waals surface area contributed by atoms with Gasteiger partial charge in [0, 0.05) is 18.2 Å². The Morgan fingerprint density at radius 2 is 2.00 bits per heavy atom. The summed E-state index contributed by atoms with van der Waals surface area (Å²) in [6.07, 6.45) is 0. The molecule has 0 fully saturated rings. The van der Waals surface area contributed by atoms with E-state index >= 15 is 0 Å². The number of rotatable bonds is 7. The predicted molar refractivity (Wildman–Crippen MR) is 82.5 cm³/mol. The maximum Gasteiger partial charge on any atom is 0.243 e. The molecule has 2 amide bonds. The number of carbonyl (C=O) groups is 2. The van der Waals surface area contributed by atoms with Gasteiger partial charge in [0.15, 0.2) is 0 Å². The molecule has 0 aromatic heterocycles.